The highest BCUT2D eigenvalue weighted by molar-refractivity contribution is 7.80. The quantitative estimate of drug-likeness (QED) is 0.677. The summed E-state index contributed by atoms with van der Waals surface area (Å²) < 4.78 is 1.72. The molecule has 96 valence electrons. The number of likely N-dealkylation sites (N-methyl/N-ethyl adjacent to an activating group) is 1. The zero-order valence-corrected chi connectivity index (χ0v) is 11.7. The van der Waals surface area contributed by atoms with Gasteiger partial charge in [-0.05, 0) is 32.1 Å². The number of thiocarbonyl (C=S) groups is 1. The Bertz CT molecular complexity index is 537. The first-order chi connectivity index (χ1) is 8.58. The Hall–Kier alpha value is -1.40. The largest absolute Gasteiger partial charge is 0.328 e. The maximum absolute atomic E-state index is 12.0. The molecule has 0 radical (unpaired) electrons. The molecule has 2 rings (SSSR count). The summed E-state index contributed by atoms with van der Waals surface area (Å²) >= 11 is 11.1. The third-order valence-electron chi connectivity index (χ3n) is 2.69. The summed E-state index contributed by atoms with van der Waals surface area (Å²) in [5.74, 6) is -0.137. The van der Waals surface area contributed by atoms with Gasteiger partial charge >= 0.3 is 0 Å². The summed E-state index contributed by atoms with van der Waals surface area (Å²) in [5.41, 5.74) is 1.13. The van der Waals surface area contributed by atoms with E-state index in [-0.39, 0.29) is 5.91 Å². The van der Waals surface area contributed by atoms with Crippen molar-refractivity contribution in [1.82, 2.24) is 20.0 Å². The second-order valence-corrected chi connectivity index (χ2v) is 4.52. The van der Waals surface area contributed by atoms with E-state index in [2.05, 4.69) is 10.4 Å². The Morgan fingerprint density at radius 2 is 2.22 bits per heavy atom. The Morgan fingerprint density at radius 3 is 2.78 bits per heavy atom. The average Bonchev–Trinajstić information content (AvgIpc) is 2.82. The van der Waals surface area contributed by atoms with Gasteiger partial charge in [-0.15, -0.1) is 0 Å². The lowest BCUT2D eigenvalue weighted by Gasteiger charge is -2.08. The molecule has 1 aliphatic rings. The van der Waals surface area contributed by atoms with Gasteiger partial charge in [-0.2, -0.15) is 5.10 Å². The van der Waals surface area contributed by atoms with Crippen LogP contribution in [-0.2, 0) is 11.3 Å². The number of aryl methyl sites for hydroxylation is 1. The Morgan fingerprint density at radius 1 is 1.50 bits per heavy atom. The van der Waals surface area contributed by atoms with E-state index in [0.717, 1.165) is 0 Å². The van der Waals surface area contributed by atoms with Crippen LogP contribution in [0.15, 0.2) is 11.9 Å². The third-order valence-corrected chi connectivity index (χ3v) is 3.31. The van der Waals surface area contributed by atoms with E-state index < -0.39 is 0 Å². The SMILES string of the molecule is CCN1C(=O)/C(=C\c2c(Cl)cnn2CC)NC1=S. The van der Waals surface area contributed by atoms with Gasteiger partial charge < -0.3 is 5.32 Å². The number of halogens is 1. The number of nitrogens with zero attached hydrogens (tertiary/aromatic N) is 3. The second kappa shape index (κ2) is 5.07. The van der Waals surface area contributed by atoms with Gasteiger partial charge in [0, 0.05) is 13.1 Å². The molecule has 1 aromatic heterocycles. The summed E-state index contributed by atoms with van der Waals surface area (Å²) in [5, 5.41) is 7.94. The van der Waals surface area contributed by atoms with Crippen molar-refractivity contribution < 1.29 is 4.79 Å². The normalized spacial score (nSPS) is 17.7. The van der Waals surface area contributed by atoms with Gasteiger partial charge in [0.2, 0.25) is 0 Å². The Kier molecular flexibility index (Phi) is 3.68. The average molecular weight is 285 g/mol. The number of hydrogen-bond donors (Lipinski definition) is 1. The predicted molar refractivity (Wildman–Crippen MR) is 74.0 cm³/mol. The van der Waals surface area contributed by atoms with E-state index in [9.17, 15) is 4.79 Å². The first kappa shape index (κ1) is 13.0. The molecular weight excluding hydrogens is 272 g/mol. The standard InChI is InChI=1S/C11H13ClN4OS/c1-3-15-10(17)8(14-11(15)18)5-9-7(12)6-13-16(9)4-2/h5-6H,3-4H2,1-2H3,(H,14,18)/b8-5+. The molecule has 1 N–H and O–H groups in total. The van der Waals surface area contributed by atoms with Crippen LogP contribution in [0.3, 0.4) is 0 Å². The highest BCUT2D eigenvalue weighted by Gasteiger charge is 2.29. The minimum Gasteiger partial charge on any atom is -0.328 e. The maximum Gasteiger partial charge on any atom is 0.276 e. The number of aromatic nitrogens is 2. The lowest BCUT2D eigenvalue weighted by Crippen LogP contribution is -2.30. The summed E-state index contributed by atoms with van der Waals surface area (Å²) in [6, 6.07) is 0. The lowest BCUT2D eigenvalue weighted by molar-refractivity contribution is -0.122. The zero-order valence-electron chi connectivity index (χ0n) is 10.1. The molecular formula is C11H13ClN4OS. The molecule has 1 aromatic rings. The minimum absolute atomic E-state index is 0.137. The predicted octanol–water partition coefficient (Wildman–Crippen LogP) is 1.63. The molecule has 0 aliphatic carbocycles. The van der Waals surface area contributed by atoms with Gasteiger partial charge in [-0.1, -0.05) is 11.6 Å². The van der Waals surface area contributed by atoms with Gasteiger partial charge in [0.05, 0.1) is 16.9 Å². The molecule has 1 amide bonds. The topological polar surface area (TPSA) is 50.2 Å². The van der Waals surface area contributed by atoms with Crippen LogP contribution in [0.1, 0.15) is 19.5 Å². The first-order valence-electron chi connectivity index (χ1n) is 5.64. The Balaban J connectivity index is 2.37. The van der Waals surface area contributed by atoms with Crippen LogP contribution in [0.5, 0.6) is 0 Å². The molecule has 5 nitrogen and oxygen atoms in total. The number of carbonyl (C=O) groups excluding carboxylic acids is 1. The van der Waals surface area contributed by atoms with Crippen molar-refractivity contribution in [2.45, 2.75) is 20.4 Å². The van der Waals surface area contributed by atoms with E-state index in [1.54, 1.807) is 17.0 Å². The molecule has 0 spiro atoms. The van der Waals surface area contributed by atoms with Gasteiger partial charge in [0.25, 0.3) is 5.91 Å². The molecule has 0 unspecified atom stereocenters. The number of amides is 1. The number of nitrogens with one attached hydrogen (secondary N) is 1. The van der Waals surface area contributed by atoms with Crippen LogP contribution < -0.4 is 5.32 Å². The van der Waals surface area contributed by atoms with Crippen molar-refractivity contribution in [3.63, 3.8) is 0 Å². The van der Waals surface area contributed by atoms with Gasteiger partial charge in [-0.3, -0.25) is 14.4 Å². The van der Waals surface area contributed by atoms with Crippen molar-refractivity contribution in [3.05, 3.63) is 22.6 Å². The van der Waals surface area contributed by atoms with Crippen molar-refractivity contribution >= 4 is 40.9 Å². The van der Waals surface area contributed by atoms with Crippen LogP contribution >= 0.6 is 23.8 Å². The molecule has 0 aromatic carbocycles. The van der Waals surface area contributed by atoms with Crippen LogP contribution in [-0.4, -0.2) is 32.2 Å². The number of rotatable bonds is 3. The monoisotopic (exact) mass is 284 g/mol. The molecule has 1 fully saturated rings. The molecule has 1 saturated heterocycles. The minimum atomic E-state index is -0.137. The second-order valence-electron chi connectivity index (χ2n) is 3.73. The fraction of sp³-hybridized carbons (Fsp3) is 0.364. The molecule has 7 heteroatoms. The molecule has 0 bridgehead atoms. The van der Waals surface area contributed by atoms with E-state index in [0.29, 0.717) is 34.6 Å². The lowest BCUT2D eigenvalue weighted by atomic mass is 10.3. The van der Waals surface area contributed by atoms with Crippen molar-refractivity contribution in [2.75, 3.05) is 6.54 Å². The van der Waals surface area contributed by atoms with Crippen molar-refractivity contribution in [2.24, 2.45) is 0 Å². The molecule has 0 atom stereocenters. The van der Waals surface area contributed by atoms with Crippen LogP contribution in [0.2, 0.25) is 5.02 Å². The first-order valence-corrected chi connectivity index (χ1v) is 6.43. The summed E-state index contributed by atoms with van der Waals surface area (Å²) in [4.78, 5) is 13.5. The van der Waals surface area contributed by atoms with Crippen LogP contribution in [0.25, 0.3) is 6.08 Å². The summed E-state index contributed by atoms with van der Waals surface area (Å²) in [6.07, 6.45) is 3.25. The smallest absolute Gasteiger partial charge is 0.276 e. The molecule has 0 saturated carbocycles. The van der Waals surface area contributed by atoms with Crippen molar-refractivity contribution in [3.8, 4) is 0 Å². The van der Waals surface area contributed by atoms with E-state index in [1.165, 1.54) is 4.90 Å². The zero-order chi connectivity index (χ0) is 13.3. The number of carbonyl (C=O) groups is 1. The molecule has 18 heavy (non-hydrogen) atoms. The maximum atomic E-state index is 12.0. The van der Waals surface area contributed by atoms with Gasteiger partial charge in [0.15, 0.2) is 5.11 Å². The van der Waals surface area contributed by atoms with Crippen LogP contribution in [0.4, 0.5) is 0 Å². The Labute approximate surface area is 115 Å². The number of hydrogen-bond acceptors (Lipinski definition) is 3. The molecule has 2 heterocycles. The van der Waals surface area contributed by atoms with Crippen molar-refractivity contribution in [1.29, 1.82) is 0 Å². The third kappa shape index (κ3) is 2.13. The van der Waals surface area contributed by atoms with Crippen LogP contribution in [0, 0.1) is 0 Å². The molecule has 1 aliphatic heterocycles. The van der Waals surface area contributed by atoms with E-state index in [4.69, 9.17) is 23.8 Å². The fourth-order valence-corrected chi connectivity index (χ4v) is 2.28. The van der Waals surface area contributed by atoms with Gasteiger partial charge in [0.1, 0.15) is 5.70 Å². The summed E-state index contributed by atoms with van der Waals surface area (Å²) in [6.45, 7) is 5.06. The van der Waals surface area contributed by atoms with Gasteiger partial charge in [-0.25, -0.2) is 0 Å². The van der Waals surface area contributed by atoms with E-state index in [1.807, 2.05) is 13.8 Å². The summed E-state index contributed by atoms with van der Waals surface area (Å²) in [7, 11) is 0. The fourth-order valence-electron chi connectivity index (χ4n) is 1.76. The highest BCUT2D eigenvalue weighted by Crippen LogP contribution is 2.20. The van der Waals surface area contributed by atoms with E-state index >= 15 is 0 Å². The highest BCUT2D eigenvalue weighted by atomic mass is 35.5.